The van der Waals surface area contributed by atoms with Crippen LogP contribution < -0.4 is 0 Å². The molecule has 140 valence electrons. The summed E-state index contributed by atoms with van der Waals surface area (Å²) in [6, 6.07) is 7.45. The summed E-state index contributed by atoms with van der Waals surface area (Å²) in [4.78, 5) is 29.7. The number of ether oxygens (including phenoxy) is 1. The van der Waals surface area contributed by atoms with Crippen molar-refractivity contribution in [1.29, 1.82) is 0 Å². The third kappa shape index (κ3) is 3.60. The Bertz CT molecular complexity index is 698. The molecular formula is C20H25ClN2O3. The van der Waals surface area contributed by atoms with E-state index in [4.69, 9.17) is 16.3 Å². The molecule has 26 heavy (non-hydrogen) atoms. The van der Waals surface area contributed by atoms with Crippen LogP contribution in [0.25, 0.3) is 0 Å². The molecule has 2 aliphatic heterocycles. The van der Waals surface area contributed by atoms with Crippen LogP contribution in [0.15, 0.2) is 24.3 Å². The molecule has 5 nitrogen and oxygen atoms in total. The molecule has 2 saturated heterocycles. The van der Waals surface area contributed by atoms with Crippen molar-refractivity contribution in [3.8, 4) is 0 Å². The molecule has 2 amide bonds. The number of amides is 2. The van der Waals surface area contributed by atoms with Crippen molar-refractivity contribution in [2.24, 2.45) is 5.92 Å². The summed E-state index contributed by atoms with van der Waals surface area (Å²) in [6.45, 7) is 3.04. The highest BCUT2D eigenvalue weighted by Gasteiger charge is 2.48. The van der Waals surface area contributed by atoms with Crippen LogP contribution in [0.5, 0.6) is 0 Å². The van der Waals surface area contributed by atoms with Crippen molar-refractivity contribution in [3.63, 3.8) is 0 Å². The Morgan fingerprint density at radius 2 is 2.12 bits per heavy atom. The number of carbonyl (C=O) groups is 2. The average Bonchev–Trinajstić information content (AvgIpc) is 3.36. The lowest BCUT2D eigenvalue weighted by molar-refractivity contribution is -0.138. The first-order chi connectivity index (χ1) is 12.6. The highest BCUT2D eigenvalue weighted by atomic mass is 35.5. The van der Waals surface area contributed by atoms with Gasteiger partial charge in [-0.3, -0.25) is 9.59 Å². The molecule has 3 fully saturated rings. The lowest BCUT2D eigenvalue weighted by Crippen LogP contribution is -2.57. The van der Waals surface area contributed by atoms with Crippen molar-refractivity contribution in [2.45, 2.75) is 37.6 Å². The van der Waals surface area contributed by atoms with Gasteiger partial charge in [0.1, 0.15) is 0 Å². The summed E-state index contributed by atoms with van der Waals surface area (Å²) >= 11 is 6.22. The molecule has 1 spiro atoms. The maximum absolute atomic E-state index is 13.0. The van der Waals surface area contributed by atoms with Crippen LogP contribution in [-0.4, -0.2) is 60.0 Å². The zero-order valence-corrected chi connectivity index (χ0v) is 15.7. The summed E-state index contributed by atoms with van der Waals surface area (Å²) in [7, 11) is 0. The van der Waals surface area contributed by atoms with Gasteiger partial charge in [0.2, 0.25) is 11.8 Å². The Labute approximate surface area is 159 Å². The molecule has 1 saturated carbocycles. The van der Waals surface area contributed by atoms with Crippen LogP contribution in [0.3, 0.4) is 0 Å². The lowest BCUT2D eigenvalue weighted by Gasteiger charge is -2.40. The predicted octanol–water partition coefficient (Wildman–Crippen LogP) is 2.51. The molecule has 6 heteroatoms. The Hall–Kier alpha value is -1.59. The Kier molecular flexibility index (Phi) is 4.93. The number of halogens is 1. The van der Waals surface area contributed by atoms with E-state index in [0.29, 0.717) is 43.7 Å². The van der Waals surface area contributed by atoms with Crippen LogP contribution in [0.1, 0.15) is 31.2 Å². The SMILES string of the molecule is O=C(Cc1ccccc1Cl)N1CCC(=O)N(CC2CC2)C2(CCOC2)C1. The summed E-state index contributed by atoms with van der Waals surface area (Å²) in [5, 5.41) is 0.612. The predicted molar refractivity (Wildman–Crippen MR) is 99.0 cm³/mol. The first-order valence-electron chi connectivity index (χ1n) is 9.47. The van der Waals surface area contributed by atoms with Gasteiger partial charge in [-0.2, -0.15) is 0 Å². The molecule has 1 unspecified atom stereocenters. The van der Waals surface area contributed by atoms with E-state index in [2.05, 4.69) is 0 Å². The Balaban J connectivity index is 1.53. The molecule has 2 heterocycles. The van der Waals surface area contributed by atoms with Gasteiger partial charge < -0.3 is 14.5 Å². The second-order valence-corrected chi connectivity index (χ2v) is 8.22. The molecule has 3 aliphatic rings. The maximum Gasteiger partial charge on any atom is 0.227 e. The van der Waals surface area contributed by atoms with E-state index in [1.54, 1.807) is 6.07 Å². The van der Waals surface area contributed by atoms with Crippen molar-refractivity contribution in [2.75, 3.05) is 32.8 Å². The fraction of sp³-hybridized carbons (Fsp3) is 0.600. The highest BCUT2D eigenvalue weighted by molar-refractivity contribution is 6.31. The first kappa shape index (κ1) is 17.8. The molecule has 0 N–H and O–H groups in total. The van der Waals surface area contributed by atoms with E-state index < -0.39 is 0 Å². The van der Waals surface area contributed by atoms with Crippen molar-refractivity contribution in [3.05, 3.63) is 34.9 Å². The molecule has 1 atom stereocenters. The van der Waals surface area contributed by atoms with Gasteiger partial charge >= 0.3 is 0 Å². The average molecular weight is 377 g/mol. The Morgan fingerprint density at radius 3 is 2.81 bits per heavy atom. The lowest BCUT2D eigenvalue weighted by atomic mass is 9.94. The van der Waals surface area contributed by atoms with Gasteiger partial charge in [-0.1, -0.05) is 29.8 Å². The van der Waals surface area contributed by atoms with E-state index in [1.165, 1.54) is 12.8 Å². The minimum atomic E-state index is -0.355. The van der Waals surface area contributed by atoms with E-state index in [0.717, 1.165) is 18.5 Å². The number of nitrogens with zero attached hydrogens (tertiary/aromatic N) is 2. The maximum atomic E-state index is 13.0. The molecule has 1 aromatic rings. The third-order valence-corrected chi connectivity index (χ3v) is 6.20. The number of benzene rings is 1. The van der Waals surface area contributed by atoms with Crippen LogP contribution >= 0.6 is 11.6 Å². The third-order valence-electron chi connectivity index (χ3n) is 5.83. The van der Waals surface area contributed by atoms with Crippen molar-refractivity contribution in [1.82, 2.24) is 9.80 Å². The number of hydrogen-bond acceptors (Lipinski definition) is 3. The number of hydrogen-bond donors (Lipinski definition) is 0. The van der Waals surface area contributed by atoms with Crippen LogP contribution in [0, 0.1) is 5.92 Å². The first-order valence-corrected chi connectivity index (χ1v) is 9.85. The fourth-order valence-corrected chi connectivity index (χ4v) is 4.27. The standard InChI is InChI=1S/C20H25ClN2O3/c21-17-4-2-1-3-16(17)11-19(25)22-9-7-18(24)23(12-15-5-6-15)20(13-22)8-10-26-14-20/h1-4,15H,5-14H2. The number of carbonyl (C=O) groups excluding carboxylic acids is 2. The quantitative estimate of drug-likeness (QED) is 0.811. The largest absolute Gasteiger partial charge is 0.379 e. The fourth-order valence-electron chi connectivity index (χ4n) is 4.07. The van der Waals surface area contributed by atoms with Gasteiger partial charge in [-0.05, 0) is 36.8 Å². The monoisotopic (exact) mass is 376 g/mol. The van der Waals surface area contributed by atoms with Gasteiger partial charge in [0, 0.05) is 37.7 Å². The topological polar surface area (TPSA) is 49.9 Å². The van der Waals surface area contributed by atoms with Gasteiger partial charge in [0.15, 0.2) is 0 Å². The molecule has 4 rings (SSSR count). The minimum absolute atomic E-state index is 0.0328. The molecule has 1 aliphatic carbocycles. The summed E-state index contributed by atoms with van der Waals surface area (Å²) in [5.41, 5.74) is 0.480. The second kappa shape index (κ2) is 7.20. The van der Waals surface area contributed by atoms with E-state index >= 15 is 0 Å². The van der Waals surface area contributed by atoms with Gasteiger partial charge in [-0.25, -0.2) is 0 Å². The summed E-state index contributed by atoms with van der Waals surface area (Å²) in [6.07, 6.45) is 3.88. The highest BCUT2D eigenvalue weighted by Crippen LogP contribution is 2.37. The summed E-state index contributed by atoms with van der Waals surface area (Å²) in [5.74, 6) is 0.822. The van der Waals surface area contributed by atoms with Crippen LogP contribution in [0.2, 0.25) is 5.02 Å². The molecular weight excluding hydrogens is 352 g/mol. The minimum Gasteiger partial charge on any atom is -0.379 e. The van der Waals surface area contributed by atoms with Crippen molar-refractivity contribution >= 4 is 23.4 Å². The van der Waals surface area contributed by atoms with Crippen LogP contribution in [0.4, 0.5) is 0 Å². The zero-order valence-electron chi connectivity index (χ0n) is 15.0. The van der Waals surface area contributed by atoms with Gasteiger partial charge in [-0.15, -0.1) is 0 Å². The second-order valence-electron chi connectivity index (χ2n) is 7.81. The number of rotatable bonds is 4. The van der Waals surface area contributed by atoms with Crippen molar-refractivity contribution < 1.29 is 14.3 Å². The molecule has 1 aromatic carbocycles. The van der Waals surface area contributed by atoms with E-state index in [1.807, 2.05) is 28.0 Å². The Morgan fingerprint density at radius 1 is 1.31 bits per heavy atom. The molecule has 0 radical (unpaired) electrons. The van der Waals surface area contributed by atoms with E-state index in [-0.39, 0.29) is 23.8 Å². The molecule has 0 bridgehead atoms. The normalized spacial score (nSPS) is 26.4. The molecule has 0 aromatic heterocycles. The van der Waals surface area contributed by atoms with Gasteiger partial charge in [0.25, 0.3) is 0 Å². The van der Waals surface area contributed by atoms with E-state index in [9.17, 15) is 9.59 Å². The van der Waals surface area contributed by atoms with Crippen LogP contribution in [-0.2, 0) is 20.7 Å². The smallest absolute Gasteiger partial charge is 0.227 e. The van der Waals surface area contributed by atoms with Gasteiger partial charge in [0.05, 0.1) is 18.6 Å². The summed E-state index contributed by atoms with van der Waals surface area (Å²) < 4.78 is 5.69. The zero-order chi connectivity index (χ0) is 18.1.